The second-order valence-electron chi connectivity index (χ2n) is 7.82. The highest BCUT2D eigenvalue weighted by molar-refractivity contribution is 6.03. The number of hydrogen-bond acceptors (Lipinski definition) is 5. The number of aliphatic hydroxyl groups excluding tert-OH is 1. The number of urea groups is 1. The minimum absolute atomic E-state index is 0.0181. The molecule has 1 aromatic heterocycles. The molecule has 3 rings (SSSR count). The quantitative estimate of drug-likeness (QED) is 0.582. The van der Waals surface area contributed by atoms with Crippen LogP contribution in [0.3, 0.4) is 0 Å². The fraction of sp³-hybridized carbons (Fsp3) is 0.478. The number of aromatic nitrogens is 1. The molecule has 0 bridgehead atoms. The van der Waals surface area contributed by atoms with Gasteiger partial charge in [0.1, 0.15) is 5.69 Å². The third kappa shape index (κ3) is 5.64. The lowest BCUT2D eigenvalue weighted by Crippen LogP contribution is -2.45. The molecular formula is C23H29F2N3O4. The van der Waals surface area contributed by atoms with Crippen molar-refractivity contribution in [3.05, 3.63) is 42.0 Å². The van der Waals surface area contributed by atoms with Crippen LogP contribution in [0.5, 0.6) is 11.8 Å². The summed E-state index contributed by atoms with van der Waals surface area (Å²) in [6.07, 6.45) is 4.76. The van der Waals surface area contributed by atoms with E-state index < -0.39 is 18.5 Å². The summed E-state index contributed by atoms with van der Waals surface area (Å²) >= 11 is 0. The number of pyridine rings is 1. The number of amides is 2. The van der Waals surface area contributed by atoms with Crippen LogP contribution in [0.1, 0.15) is 50.5 Å². The van der Waals surface area contributed by atoms with Gasteiger partial charge in [-0.2, -0.15) is 13.8 Å². The van der Waals surface area contributed by atoms with E-state index in [9.17, 15) is 18.7 Å². The number of anilines is 2. The molecule has 174 valence electrons. The number of carbonyl (C=O) groups excluding carboxylic acids is 1. The first-order valence-corrected chi connectivity index (χ1v) is 10.7. The minimum atomic E-state index is -3.11. The molecule has 1 heterocycles. The van der Waals surface area contributed by atoms with Crippen LogP contribution in [0, 0.1) is 0 Å². The van der Waals surface area contributed by atoms with Crippen LogP contribution < -0.4 is 19.7 Å². The minimum Gasteiger partial charge on any atom is -0.481 e. The molecule has 0 aliphatic heterocycles. The summed E-state index contributed by atoms with van der Waals surface area (Å²) < 4.78 is 35.3. The molecule has 1 aliphatic carbocycles. The van der Waals surface area contributed by atoms with E-state index >= 15 is 0 Å². The molecule has 1 unspecified atom stereocenters. The molecule has 7 nitrogen and oxygen atoms in total. The number of nitrogens with zero attached hydrogens (tertiary/aromatic N) is 2. The number of hydrogen-bond donors (Lipinski definition) is 2. The van der Waals surface area contributed by atoms with E-state index in [0.717, 1.165) is 37.7 Å². The van der Waals surface area contributed by atoms with Crippen LogP contribution in [0.2, 0.25) is 0 Å². The molecule has 0 radical (unpaired) electrons. The molecule has 2 amide bonds. The van der Waals surface area contributed by atoms with Crippen LogP contribution in [0.15, 0.2) is 36.4 Å². The van der Waals surface area contributed by atoms with Gasteiger partial charge in [-0.3, -0.25) is 4.90 Å². The van der Waals surface area contributed by atoms with Gasteiger partial charge < -0.3 is 19.9 Å². The maximum absolute atomic E-state index is 13.5. The van der Waals surface area contributed by atoms with Crippen LogP contribution >= 0.6 is 0 Å². The first-order chi connectivity index (χ1) is 15.4. The Morgan fingerprint density at radius 3 is 2.59 bits per heavy atom. The third-order valence-electron chi connectivity index (χ3n) is 5.65. The molecule has 2 aromatic rings. The van der Waals surface area contributed by atoms with Crippen molar-refractivity contribution in [2.24, 2.45) is 0 Å². The Morgan fingerprint density at radius 2 is 1.94 bits per heavy atom. The first-order valence-electron chi connectivity index (χ1n) is 10.7. The molecule has 1 saturated carbocycles. The standard InChI is InChI=1S/C23H29F2N3O4/c1-15(14-29)17-10-6-7-11-19(17)28(16-8-4-3-5-9-16)23(30)26-18-12-13-20(31-2)27-21(18)32-22(24)25/h6-7,10-13,15-16,22,29H,3-5,8-9,14H2,1-2H3,(H,26,30). The lowest BCUT2D eigenvalue weighted by atomic mass is 9.92. The molecule has 0 spiro atoms. The fourth-order valence-electron chi connectivity index (χ4n) is 4.02. The molecule has 0 saturated heterocycles. The number of ether oxygens (including phenoxy) is 2. The second-order valence-corrected chi connectivity index (χ2v) is 7.82. The van der Waals surface area contributed by atoms with E-state index in [2.05, 4.69) is 15.0 Å². The van der Waals surface area contributed by atoms with Crippen molar-refractivity contribution >= 4 is 17.4 Å². The topological polar surface area (TPSA) is 83.9 Å². The van der Waals surface area contributed by atoms with Crippen molar-refractivity contribution in [2.75, 3.05) is 23.9 Å². The van der Waals surface area contributed by atoms with Gasteiger partial charge in [0.05, 0.1) is 7.11 Å². The highest BCUT2D eigenvalue weighted by Crippen LogP contribution is 2.35. The predicted octanol–water partition coefficient (Wildman–Crippen LogP) is 5.16. The molecule has 1 aromatic carbocycles. The number of para-hydroxylation sites is 1. The van der Waals surface area contributed by atoms with Crippen molar-refractivity contribution in [3.63, 3.8) is 0 Å². The number of rotatable bonds is 8. The third-order valence-corrected chi connectivity index (χ3v) is 5.65. The van der Waals surface area contributed by atoms with E-state index in [1.165, 1.54) is 19.2 Å². The Labute approximate surface area is 186 Å². The Morgan fingerprint density at radius 1 is 1.22 bits per heavy atom. The highest BCUT2D eigenvalue weighted by Gasteiger charge is 2.30. The van der Waals surface area contributed by atoms with Gasteiger partial charge in [-0.25, -0.2) is 4.79 Å². The van der Waals surface area contributed by atoms with Crippen LogP contribution in [0.25, 0.3) is 0 Å². The summed E-state index contributed by atoms with van der Waals surface area (Å²) in [5.41, 5.74) is 1.55. The van der Waals surface area contributed by atoms with Gasteiger partial charge in [-0.15, -0.1) is 0 Å². The van der Waals surface area contributed by atoms with Crippen molar-refractivity contribution in [1.82, 2.24) is 4.98 Å². The SMILES string of the molecule is COc1ccc(NC(=O)N(c2ccccc2C(C)CO)C2CCCCC2)c(OC(F)F)n1. The molecule has 1 fully saturated rings. The zero-order valence-corrected chi connectivity index (χ0v) is 18.3. The molecule has 2 N–H and O–H groups in total. The van der Waals surface area contributed by atoms with Crippen LogP contribution in [-0.2, 0) is 0 Å². The zero-order chi connectivity index (χ0) is 23.1. The van der Waals surface area contributed by atoms with E-state index in [4.69, 9.17) is 4.74 Å². The lowest BCUT2D eigenvalue weighted by molar-refractivity contribution is -0.0525. The van der Waals surface area contributed by atoms with E-state index in [-0.39, 0.29) is 30.1 Å². The number of benzene rings is 1. The Hall–Kier alpha value is -2.94. The average molecular weight is 449 g/mol. The van der Waals surface area contributed by atoms with Gasteiger partial charge in [0, 0.05) is 30.3 Å². The number of aliphatic hydroxyl groups is 1. The Kier molecular flexibility index (Phi) is 8.21. The zero-order valence-electron chi connectivity index (χ0n) is 18.3. The van der Waals surface area contributed by atoms with Crippen molar-refractivity contribution in [1.29, 1.82) is 0 Å². The van der Waals surface area contributed by atoms with Crippen molar-refractivity contribution in [2.45, 2.75) is 57.6 Å². The monoisotopic (exact) mass is 449 g/mol. The number of methoxy groups -OCH3 is 1. The maximum Gasteiger partial charge on any atom is 0.388 e. The first kappa shape index (κ1) is 23.7. The normalized spacial score (nSPS) is 15.3. The van der Waals surface area contributed by atoms with Crippen molar-refractivity contribution in [3.8, 4) is 11.8 Å². The summed E-state index contributed by atoms with van der Waals surface area (Å²) in [6.45, 7) is -1.28. The number of halogens is 2. The number of alkyl halides is 2. The van der Waals surface area contributed by atoms with E-state index in [1.807, 2.05) is 31.2 Å². The van der Waals surface area contributed by atoms with Crippen LogP contribution in [-0.4, -0.2) is 42.5 Å². The molecule has 32 heavy (non-hydrogen) atoms. The predicted molar refractivity (Wildman–Crippen MR) is 118 cm³/mol. The van der Waals surface area contributed by atoms with Gasteiger partial charge in [0.15, 0.2) is 0 Å². The molecule has 1 atom stereocenters. The molecular weight excluding hydrogens is 420 g/mol. The lowest BCUT2D eigenvalue weighted by Gasteiger charge is -2.36. The second kappa shape index (κ2) is 11.1. The molecule has 9 heteroatoms. The highest BCUT2D eigenvalue weighted by atomic mass is 19.3. The van der Waals surface area contributed by atoms with E-state index in [0.29, 0.717) is 5.69 Å². The van der Waals surface area contributed by atoms with Gasteiger partial charge in [0.25, 0.3) is 0 Å². The number of nitrogens with one attached hydrogen (secondary N) is 1. The van der Waals surface area contributed by atoms with Gasteiger partial charge >= 0.3 is 12.6 Å². The average Bonchev–Trinajstić information content (AvgIpc) is 2.80. The fourth-order valence-corrected chi connectivity index (χ4v) is 4.02. The van der Waals surface area contributed by atoms with Gasteiger partial charge in [-0.1, -0.05) is 44.4 Å². The van der Waals surface area contributed by atoms with Gasteiger partial charge in [0.2, 0.25) is 11.8 Å². The summed E-state index contributed by atoms with van der Waals surface area (Å²) in [4.78, 5) is 19.1. The largest absolute Gasteiger partial charge is 0.481 e. The summed E-state index contributed by atoms with van der Waals surface area (Å²) in [5.74, 6) is -0.510. The molecule has 1 aliphatic rings. The van der Waals surface area contributed by atoms with E-state index in [1.54, 1.807) is 4.90 Å². The number of carbonyl (C=O) groups is 1. The Bertz CT molecular complexity index is 907. The summed E-state index contributed by atoms with van der Waals surface area (Å²) in [5, 5.41) is 12.4. The smallest absolute Gasteiger partial charge is 0.388 e. The maximum atomic E-state index is 13.5. The van der Waals surface area contributed by atoms with Gasteiger partial charge in [-0.05, 0) is 30.5 Å². The Balaban J connectivity index is 1.98. The summed E-state index contributed by atoms with van der Waals surface area (Å²) in [6, 6.07) is 9.79. The van der Waals surface area contributed by atoms with Crippen molar-refractivity contribution < 1.29 is 28.2 Å². The summed E-state index contributed by atoms with van der Waals surface area (Å²) in [7, 11) is 1.36. The van der Waals surface area contributed by atoms with Crippen LogP contribution in [0.4, 0.5) is 25.0 Å².